The Kier molecular flexibility index (Phi) is 17.2. The molecule has 4 fully saturated rings. The number of nitrogens with one attached hydrogen (secondary N) is 2. The van der Waals surface area contributed by atoms with Crippen LogP contribution in [0.1, 0.15) is 175 Å². The molecule has 0 bridgehead atoms. The lowest BCUT2D eigenvalue weighted by Crippen LogP contribution is -2.76. The van der Waals surface area contributed by atoms with Crippen LogP contribution in [0.5, 0.6) is 0 Å². The highest BCUT2D eigenvalue weighted by molar-refractivity contribution is 5.83. The van der Waals surface area contributed by atoms with Crippen LogP contribution in [-0.4, -0.2) is 117 Å². The molecule has 11 atom stereocenters. The molecule has 6 heterocycles. The summed E-state index contributed by atoms with van der Waals surface area (Å²) in [5.41, 5.74) is 10.1. The van der Waals surface area contributed by atoms with Gasteiger partial charge in [-0.2, -0.15) is 0 Å². The average Bonchev–Trinajstić information content (AvgIpc) is 3.82. The summed E-state index contributed by atoms with van der Waals surface area (Å²) in [7, 11) is 0. The summed E-state index contributed by atoms with van der Waals surface area (Å²) < 4.78 is 28.2. The third kappa shape index (κ3) is 11.1. The Morgan fingerprint density at radius 2 is 1.68 bits per heavy atom. The number of nitrogens with two attached hydrogens (primary N) is 2. The van der Waals surface area contributed by atoms with Crippen molar-refractivity contribution in [2.75, 3.05) is 19.6 Å². The number of hydrogen-bond acceptors (Lipinski definition) is 12. The Hall–Kier alpha value is -2.33. The van der Waals surface area contributed by atoms with Crippen LogP contribution in [0.2, 0.25) is 0 Å². The summed E-state index contributed by atoms with van der Waals surface area (Å²) >= 11 is 0. The number of nitrogens with zero attached hydrogens (tertiary/aromatic N) is 2. The average molecular weight is 846 g/mol. The van der Waals surface area contributed by atoms with Crippen LogP contribution in [0.4, 0.5) is 0 Å². The third-order valence-corrected chi connectivity index (χ3v) is 14.2. The van der Waals surface area contributed by atoms with Gasteiger partial charge >= 0.3 is 11.9 Å². The minimum absolute atomic E-state index is 0.0363. The molecule has 342 valence electrons. The van der Waals surface area contributed by atoms with Crippen LogP contribution < -0.4 is 22.1 Å². The Morgan fingerprint density at radius 3 is 2.37 bits per heavy atom. The minimum Gasteiger partial charge on any atom is -0.462 e. The maximum atomic E-state index is 14.4. The van der Waals surface area contributed by atoms with E-state index in [9.17, 15) is 19.8 Å². The van der Waals surface area contributed by atoms with Gasteiger partial charge in [0.05, 0.1) is 24.3 Å². The molecule has 1 amide bonds. The zero-order valence-corrected chi connectivity index (χ0v) is 37.3. The maximum Gasteiger partial charge on any atom is 0.350 e. The summed E-state index contributed by atoms with van der Waals surface area (Å²) in [6.45, 7) is 7.22. The number of unbranched alkanes of at least 4 members (excludes halogenated alkanes) is 9. The van der Waals surface area contributed by atoms with Crippen LogP contribution in [0.25, 0.3) is 0 Å². The fourth-order valence-corrected chi connectivity index (χ4v) is 11.1. The summed E-state index contributed by atoms with van der Waals surface area (Å²) in [6.07, 6.45) is 24.7. The van der Waals surface area contributed by atoms with E-state index >= 15 is 0 Å². The molecule has 0 aromatic rings. The van der Waals surface area contributed by atoms with E-state index in [2.05, 4.69) is 48.1 Å². The number of carbonyl (C=O) groups is 2. The lowest BCUT2D eigenvalue weighted by atomic mass is 9.80. The molecule has 14 heteroatoms. The van der Waals surface area contributed by atoms with Crippen LogP contribution in [0, 0.1) is 5.92 Å². The maximum absolute atomic E-state index is 14.4. The Morgan fingerprint density at radius 1 is 0.950 bits per heavy atom. The van der Waals surface area contributed by atoms with Crippen molar-refractivity contribution in [2.24, 2.45) is 17.4 Å². The quantitative estimate of drug-likeness (QED) is 0.0343. The first-order chi connectivity index (χ1) is 29.0. The second-order valence-electron chi connectivity index (χ2n) is 18.8. The summed E-state index contributed by atoms with van der Waals surface area (Å²) in [5.74, 6) is -1.66. The van der Waals surface area contributed by atoms with E-state index in [1.165, 1.54) is 30.6 Å². The van der Waals surface area contributed by atoms with Crippen LogP contribution in [0.3, 0.4) is 0 Å². The number of hydrogen-bond donors (Lipinski definition) is 6. The monoisotopic (exact) mass is 846 g/mol. The van der Waals surface area contributed by atoms with Gasteiger partial charge in [0, 0.05) is 32.2 Å². The van der Waals surface area contributed by atoms with Crippen molar-refractivity contribution in [1.29, 1.82) is 0 Å². The molecule has 6 aliphatic heterocycles. The third-order valence-electron chi connectivity index (χ3n) is 14.2. The second kappa shape index (κ2) is 21.8. The topological polar surface area (TPSA) is 194 Å². The van der Waals surface area contributed by atoms with Gasteiger partial charge in [0.2, 0.25) is 11.5 Å². The lowest BCUT2D eigenvalue weighted by Gasteiger charge is -2.50. The van der Waals surface area contributed by atoms with Crippen molar-refractivity contribution in [3.05, 3.63) is 12.2 Å². The van der Waals surface area contributed by atoms with Gasteiger partial charge in [-0.15, -0.1) is 0 Å². The number of morpholine rings is 1. The zero-order valence-electron chi connectivity index (χ0n) is 37.3. The first-order valence-electron chi connectivity index (χ1n) is 24.2. The van der Waals surface area contributed by atoms with E-state index in [0.29, 0.717) is 25.4 Å². The van der Waals surface area contributed by atoms with E-state index in [-0.39, 0.29) is 67.4 Å². The van der Waals surface area contributed by atoms with Gasteiger partial charge in [-0.05, 0) is 90.6 Å². The first-order valence-corrected chi connectivity index (χ1v) is 24.2. The number of amides is 1. The van der Waals surface area contributed by atoms with Crippen molar-refractivity contribution < 1.29 is 43.3 Å². The van der Waals surface area contributed by atoms with E-state index in [4.69, 9.17) is 30.4 Å². The first kappa shape index (κ1) is 47.2. The van der Waals surface area contributed by atoms with Gasteiger partial charge in [0.1, 0.15) is 12.2 Å². The fourth-order valence-electron chi connectivity index (χ4n) is 11.1. The van der Waals surface area contributed by atoms with Crippen LogP contribution in [-0.2, 0) is 28.5 Å². The SMILES string of the molecule is CC/C=C/[C@@H]1CC[C@]2(C[C@H]3CC[C@H]4[C@@H](C(=O)OC(CC)CCCCCCCCCCCC[C@@H]5O[C@](O)(CCN)[C@H](O)N(CCCN)C5=O)[C@@]5(CCC[C@H](C)O5)NC(=[N+]34)N2)O1. The fraction of sp³-hybridized carbons (Fsp3) is 0.891. The van der Waals surface area contributed by atoms with Crippen molar-refractivity contribution in [1.82, 2.24) is 15.5 Å². The molecule has 0 saturated carbocycles. The molecule has 0 radical (unpaired) electrons. The molecule has 60 heavy (non-hydrogen) atoms. The van der Waals surface area contributed by atoms with Gasteiger partial charge in [-0.3, -0.25) is 14.2 Å². The Bertz CT molecular complexity index is 1470. The van der Waals surface area contributed by atoms with Crippen LogP contribution >= 0.6 is 0 Å². The summed E-state index contributed by atoms with van der Waals surface area (Å²) in [6, 6.07) is 0.354. The number of carbonyl (C=O) groups excluding carboxylic acids is 2. The molecule has 0 aliphatic carbocycles. The highest BCUT2D eigenvalue weighted by Gasteiger charge is 2.65. The molecular formula is C46H81N6O8+. The number of rotatable bonds is 23. The lowest BCUT2D eigenvalue weighted by molar-refractivity contribution is -0.608. The molecule has 0 aromatic heterocycles. The minimum atomic E-state index is -1.86. The van der Waals surface area contributed by atoms with Crippen molar-refractivity contribution >= 4 is 17.8 Å². The molecule has 2 spiro atoms. The summed E-state index contributed by atoms with van der Waals surface area (Å²) in [5, 5.41) is 29.2. The van der Waals surface area contributed by atoms with Crippen molar-refractivity contribution in [3.63, 3.8) is 0 Å². The highest BCUT2D eigenvalue weighted by Crippen LogP contribution is 2.47. The van der Waals surface area contributed by atoms with Gasteiger partial charge < -0.3 is 45.5 Å². The Labute approximate surface area is 359 Å². The largest absolute Gasteiger partial charge is 0.462 e. The predicted octanol–water partition coefficient (Wildman–Crippen LogP) is 5.16. The van der Waals surface area contributed by atoms with E-state index in [1.807, 2.05) is 0 Å². The normalized spacial score (nSPS) is 35.6. The van der Waals surface area contributed by atoms with E-state index in [1.54, 1.807) is 0 Å². The van der Waals surface area contributed by atoms with Crippen molar-refractivity contribution in [2.45, 2.75) is 235 Å². The smallest absolute Gasteiger partial charge is 0.350 e. The second-order valence-corrected chi connectivity index (χ2v) is 18.8. The standard InChI is InChI=1S/C46H80N6O8/c1-4-6-20-36-25-27-44(59-36)32-34-23-24-37-39(45(26-17-19-33(3)58-45)50-43(49-44)52(34)37)41(54)57-35(5-2)21-15-13-11-9-7-8-10-12-14-16-22-38-40(53)51(31-18-29-47)42(55)46(56,60-38)28-30-48/h6,20,33-39,42,55-56H,4-5,7-19,21-32,47-48H2,1-3H3,(H,49,50)/p+1/b20-6+/t33-,34+,35?,36+,37-,38-,39-,42-,44+,45-,46+/m0/s1. The molecule has 4 saturated heterocycles. The van der Waals surface area contributed by atoms with Gasteiger partial charge in [-0.25, -0.2) is 10.6 Å². The number of esters is 1. The van der Waals surface area contributed by atoms with Gasteiger partial charge in [0.15, 0.2) is 17.9 Å². The highest BCUT2D eigenvalue weighted by atomic mass is 16.7. The zero-order chi connectivity index (χ0) is 42.8. The molecule has 14 nitrogen and oxygen atoms in total. The molecule has 6 aliphatic rings. The molecule has 1 unspecified atom stereocenters. The van der Waals surface area contributed by atoms with Gasteiger partial charge in [-0.1, -0.05) is 83.8 Å². The number of aliphatic hydroxyl groups excluding tert-OH is 1. The van der Waals surface area contributed by atoms with E-state index in [0.717, 1.165) is 115 Å². The molecule has 6 rings (SSSR count). The number of allylic oxidation sites excluding steroid dienone is 1. The van der Waals surface area contributed by atoms with Gasteiger partial charge in [0.25, 0.3) is 5.91 Å². The van der Waals surface area contributed by atoms with Crippen molar-refractivity contribution in [3.8, 4) is 0 Å². The molecule has 8 N–H and O–H groups in total. The van der Waals surface area contributed by atoms with Crippen LogP contribution in [0.15, 0.2) is 12.2 Å². The molecule has 0 aromatic carbocycles. The number of guanidine groups is 1. The predicted molar refractivity (Wildman–Crippen MR) is 230 cm³/mol. The summed E-state index contributed by atoms with van der Waals surface area (Å²) in [4.78, 5) is 28.8. The molecular weight excluding hydrogens is 765 g/mol. The Balaban J connectivity index is 0.901. The van der Waals surface area contributed by atoms with E-state index < -0.39 is 23.8 Å². The number of ether oxygens (including phenoxy) is 4. The number of aliphatic hydroxyl groups is 2.